The molecule has 0 fully saturated rings. The van der Waals surface area contributed by atoms with E-state index in [1.54, 1.807) is 7.05 Å². The summed E-state index contributed by atoms with van der Waals surface area (Å²) in [6.07, 6.45) is -4.16. The molecule has 0 radical (unpaired) electrons. The zero-order chi connectivity index (χ0) is 13.1. The lowest BCUT2D eigenvalue weighted by Gasteiger charge is -2.14. The van der Waals surface area contributed by atoms with Crippen LogP contribution in [0, 0.1) is 0 Å². The fraction of sp³-hybridized carbons (Fsp3) is 0.455. The van der Waals surface area contributed by atoms with Gasteiger partial charge in [-0.25, -0.2) is 0 Å². The molecule has 2 N–H and O–H groups in total. The molecule has 0 aliphatic carbocycles. The Balaban J connectivity index is 3.19. The molecule has 0 bridgehead atoms. The minimum Gasteiger partial charge on any atom is -0.504 e. The summed E-state index contributed by atoms with van der Waals surface area (Å²) >= 11 is 0. The van der Waals surface area contributed by atoms with Crippen LogP contribution in [0.3, 0.4) is 0 Å². The van der Waals surface area contributed by atoms with Crippen molar-refractivity contribution in [3.05, 3.63) is 23.3 Å². The maximum Gasteiger partial charge on any atom is 0.420 e. The van der Waals surface area contributed by atoms with Gasteiger partial charge in [-0.15, -0.1) is 0 Å². The number of phenols is 1. The summed E-state index contributed by atoms with van der Waals surface area (Å²) in [6.45, 7) is 0.547. The second-order valence-corrected chi connectivity index (χ2v) is 3.55. The molecule has 0 atom stereocenters. The van der Waals surface area contributed by atoms with E-state index >= 15 is 0 Å². The molecule has 0 spiro atoms. The molecule has 0 aromatic heterocycles. The van der Waals surface area contributed by atoms with Crippen molar-refractivity contribution in [3.8, 4) is 11.5 Å². The molecule has 0 heterocycles. The van der Waals surface area contributed by atoms with Crippen LogP contribution in [0.5, 0.6) is 11.5 Å². The molecule has 0 saturated carbocycles. The number of alkyl halides is 3. The first kappa shape index (κ1) is 13.6. The smallest absolute Gasteiger partial charge is 0.420 e. The molecular formula is C11H14F3NO2. The SMILES string of the molecule is CNCCc1cc(OC)c(O)c(C(F)(F)F)c1. The fourth-order valence-corrected chi connectivity index (χ4v) is 1.45. The first-order valence-electron chi connectivity index (χ1n) is 5.01. The number of ether oxygens (including phenoxy) is 1. The number of hydrogen-bond acceptors (Lipinski definition) is 3. The van der Waals surface area contributed by atoms with Crippen molar-refractivity contribution in [3.63, 3.8) is 0 Å². The summed E-state index contributed by atoms with van der Waals surface area (Å²) in [7, 11) is 2.93. The Bertz CT molecular complexity index is 391. The van der Waals surface area contributed by atoms with Crippen LogP contribution in [0.15, 0.2) is 12.1 Å². The van der Waals surface area contributed by atoms with Gasteiger partial charge in [0, 0.05) is 0 Å². The number of nitrogens with one attached hydrogen (secondary N) is 1. The molecule has 0 saturated heterocycles. The summed E-state index contributed by atoms with van der Waals surface area (Å²) in [6, 6.07) is 2.34. The van der Waals surface area contributed by atoms with E-state index in [1.807, 2.05) is 0 Å². The van der Waals surface area contributed by atoms with Crippen LogP contribution >= 0.6 is 0 Å². The van der Waals surface area contributed by atoms with E-state index in [0.29, 0.717) is 18.5 Å². The van der Waals surface area contributed by atoms with Crippen molar-refractivity contribution < 1.29 is 23.0 Å². The normalized spacial score (nSPS) is 11.6. The predicted octanol–water partition coefficient (Wildman–Crippen LogP) is 2.18. The van der Waals surface area contributed by atoms with Crippen LogP contribution in [0.4, 0.5) is 13.2 Å². The third-order valence-corrected chi connectivity index (χ3v) is 2.32. The number of rotatable bonds is 4. The molecule has 0 amide bonds. The van der Waals surface area contributed by atoms with Gasteiger partial charge in [0.15, 0.2) is 11.5 Å². The average molecular weight is 249 g/mol. The van der Waals surface area contributed by atoms with Crippen molar-refractivity contribution in [2.75, 3.05) is 20.7 Å². The second kappa shape index (κ2) is 5.27. The van der Waals surface area contributed by atoms with Gasteiger partial charge in [-0.3, -0.25) is 0 Å². The van der Waals surface area contributed by atoms with Crippen molar-refractivity contribution in [1.82, 2.24) is 5.32 Å². The van der Waals surface area contributed by atoms with E-state index in [2.05, 4.69) is 5.32 Å². The number of halogens is 3. The highest BCUT2D eigenvalue weighted by Crippen LogP contribution is 2.41. The third kappa shape index (κ3) is 3.26. The number of phenolic OH excluding ortho intramolecular Hbond substituents is 1. The number of aromatic hydroxyl groups is 1. The molecule has 0 aliphatic rings. The Kier molecular flexibility index (Phi) is 4.22. The van der Waals surface area contributed by atoms with Crippen LogP contribution in [0.2, 0.25) is 0 Å². The maximum absolute atomic E-state index is 12.6. The topological polar surface area (TPSA) is 41.5 Å². The second-order valence-electron chi connectivity index (χ2n) is 3.55. The number of hydrogen-bond donors (Lipinski definition) is 2. The molecule has 3 nitrogen and oxygen atoms in total. The quantitative estimate of drug-likeness (QED) is 0.859. The van der Waals surface area contributed by atoms with Gasteiger partial charge in [0.1, 0.15) is 5.56 Å². The van der Waals surface area contributed by atoms with Crippen molar-refractivity contribution >= 4 is 0 Å². The Morgan fingerprint density at radius 2 is 2.00 bits per heavy atom. The van der Waals surface area contributed by atoms with Gasteiger partial charge in [0.25, 0.3) is 0 Å². The summed E-state index contributed by atoms with van der Waals surface area (Å²) in [5.74, 6) is -1.03. The van der Waals surface area contributed by atoms with Crippen molar-refractivity contribution in [1.29, 1.82) is 0 Å². The number of methoxy groups -OCH3 is 1. The lowest BCUT2D eigenvalue weighted by atomic mass is 10.1. The van der Waals surface area contributed by atoms with Crippen LogP contribution in [-0.2, 0) is 12.6 Å². The number of benzene rings is 1. The Morgan fingerprint density at radius 1 is 1.35 bits per heavy atom. The molecule has 1 rings (SSSR count). The van der Waals surface area contributed by atoms with E-state index in [1.165, 1.54) is 13.2 Å². The van der Waals surface area contributed by atoms with Crippen molar-refractivity contribution in [2.45, 2.75) is 12.6 Å². The highest BCUT2D eigenvalue weighted by molar-refractivity contribution is 5.49. The Hall–Kier alpha value is -1.43. The van der Waals surface area contributed by atoms with Crippen LogP contribution < -0.4 is 10.1 Å². The summed E-state index contributed by atoms with van der Waals surface area (Å²) < 4.78 is 42.6. The zero-order valence-corrected chi connectivity index (χ0v) is 9.56. The van der Waals surface area contributed by atoms with Gasteiger partial charge in [-0.1, -0.05) is 0 Å². The standard InChI is InChI=1S/C11H14F3NO2/c1-15-4-3-7-5-8(11(12,13)14)10(16)9(6-7)17-2/h5-6,15-16H,3-4H2,1-2H3. The molecule has 6 heteroatoms. The highest BCUT2D eigenvalue weighted by Gasteiger charge is 2.35. The molecule has 96 valence electrons. The lowest BCUT2D eigenvalue weighted by molar-refractivity contribution is -0.138. The molecular weight excluding hydrogens is 235 g/mol. The van der Waals surface area contributed by atoms with Gasteiger partial charge in [0.2, 0.25) is 0 Å². The molecule has 0 unspecified atom stereocenters. The van der Waals surface area contributed by atoms with Gasteiger partial charge in [-0.2, -0.15) is 13.2 Å². The first-order chi connectivity index (χ1) is 7.90. The van der Waals surface area contributed by atoms with Crippen molar-refractivity contribution in [2.24, 2.45) is 0 Å². The Morgan fingerprint density at radius 3 is 2.47 bits per heavy atom. The van der Waals surface area contributed by atoms with E-state index in [0.717, 1.165) is 6.07 Å². The predicted molar refractivity (Wildman–Crippen MR) is 57.3 cm³/mol. The third-order valence-electron chi connectivity index (χ3n) is 2.32. The molecule has 17 heavy (non-hydrogen) atoms. The summed E-state index contributed by atoms with van der Waals surface area (Å²) in [5, 5.41) is 12.3. The fourth-order valence-electron chi connectivity index (χ4n) is 1.45. The van der Waals surface area contributed by atoms with Gasteiger partial charge < -0.3 is 15.2 Å². The lowest BCUT2D eigenvalue weighted by Crippen LogP contribution is -2.12. The van der Waals surface area contributed by atoms with Gasteiger partial charge in [-0.05, 0) is 37.7 Å². The molecule has 1 aromatic carbocycles. The van der Waals surface area contributed by atoms with Crippen LogP contribution in [0.1, 0.15) is 11.1 Å². The van der Waals surface area contributed by atoms with Gasteiger partial charge >= 0.3 is 6.18 Å². The minimum atomic E-state index is -4.59. The largest absolute Gasteiger partial charge is 0.504 e. The van der Waals surface area contributed by atoms with Crippen LogP contribution in [-0.4, -0.2) is 25.8 Å². The molecule has 0 aliphatic heterocycles. The van der Waals surface area contributed by atoms with Gasteiger partial charge in [0.05, 0.1) is 7.11 Å². The first-order valence-corrected chi connectivity index (χ1v) is 5.01. The molecule has 1 aromatic rings. The zero-order valence-electron chi connectivity index (χ0n) is 9.56. The number of likely N-dealkylation sites (N-methyl/N-ethyl adjacent to an activating group) is 1. The van der Waals surface area contributed by atoms with E-state index in [9.17, 15) is 18.3 Å². The average Bonchev–Trinajstić information content (AvgIpc) is 2.26. The van der Waals surface area contributed by atoms with E-state index in [4.69, 9.17) is 4.74 Å². The maximum atomic E-state index is 12.6. The monoisotopic (exact) mass is 249 g/mol. The van der Waals surface area contributed by atoms with E-state index in [-0.39, 0.29) is 5.75 Å². The summed E-state index contributed by atoms with van der Waals surface area (Å²) in [5.41, 5.74) is -0.607. The van der Waals surface area contributed by atoms with E-state index < -0.39 is 17.5 Å². The summed E-state index contributed by atoms with van der Waals surface area (Å²) in [4.78, 5) is 0. The Labute approximate surface area is 97.2 Å². The highest BCUT2D eigenvalue weighted by atomic mass is 19.4. The minimum absolute atomic E-state index is 0.161. The van der Waals surface area contributed by atoms with Crippen LogP contribution in [0.25, 0.3) is 0 Å².